The molecule has 0 saturated heterocycles. The van der Waals surface area contributed by atoms with Gasteiger partial charge in [-0.2, -0.15) is 0 Å². The van der Waals surface area contributed by atoms with Crippen molar-refractivity contribution in [1.82, 2.24) is 5.32 Å². The summed E-state index contributed by atoms with van der Waals surface area (Å²) in [6.45, 7) is 3.94. The third kappa shape index (κ3) is 3.59. The van der Waals surface area contributed by atoms with Gasteiger partial charge >= 0.3 is 5.97 Å². The van der Waals surface area contributed by atoms with Gasteiger partial charge in [-0.25, -0.2) is 4.79 Å². The van der Waals surface area contributed by atoms with Crippen LogP contribution in [0.2, 0.25) is 0 Å². The predicted molar refractivity (Wildman–Crippen MR) is 65.2 cm³/mol. The minimum absolute atomic E-state index is 0.0358. The van der Waals surface area contributed by atoms with E-state index in [0.717, 1.165) is 12.8 Å². The lowest BCUT2D eigenvalue weighted by atomic mass is 10.1. The normalized spacial score (nSPS) is 11.9. The lowest BCUT2D eigenvalue weighted by Gasteiger charge is -2.13. The van der Waals surface area contributed by atoms with Crippen LogP contribution in [-0.2, 0) is 0 Å². The molecule has 1 aromatic carbocycles. The average Bonchev–Trinajstić information content (AvgIpc) is 2.29. The molecular weight excluding hydrogens is 218 g/mol. The summed E-state index contributed by atoms with van der Waals surface area (Å²) in [5, 5.41) is 11.8. The first-order valence-corrected chi connectivity index (χ1v) is 5.69. The third-order valence-corrected chi connectivity index (χ3v) is 2.50. The Morgan fingerprint density at radius 1 is 1.29 bits per heavy atom. The Bertz CT molecular complexity index is 415. The van der Waals surface area contributed by atoms with Gasteiger partial charge < -0.3 is 10.4 Å². The fourth-order valence-corrected chi connectivity index (χ4v) is 1.67. The van der Waals surface area contributed by atoms with Crippen molar-refractivity contribution < 1.29 is 14.7 Å². The quantitative estimate of drug-likeness (QED) is 0.823. The average molecular weight is 235 g/mol. The molecule has 1 aromatic rings. The largest absolute Gasteiger partial charge is 0.478 e. The van der Waals surface area contributed by atoms with Crippen molar-refractivity contribution >= 4 is 11.9 Å². The van der Waals surface area contributed by atoms with Crippen LogP contribution in [0.25, 0.3) is 0 Å². The van der Waals surface area contributed by atoms with E-state index in [0.29, 0.717) is 0 Å². The summed E-state index contributed by atoms with van der Waals surface area (Å²) in [5.74, 6) is -1.41. The molecule has 0 aliphatic rings. The Balaban J connectivity index is 2.85. The van der Waals surface area contributed by atoms with E-state index in [-0.39, 0.29) is 23.1 Å². The van der Waals surface area contributed by atoms with Crippen LogP contribution in [0, 0.1) is 0 Å². The van der Waals surface area contributed by atoms with Gasteiger partial charge in [0, 0.05) is 6.04 Å². The fourth-order valence-electron chi connectivity index (χ4n) is 1.67. The van der Waals surface area contributed by atoms with E-state index in [9.17, 15) is 9.59 Å². The van der Waals surface area contributed by atoms with Crippen molar-refractivity contribution in [1.29, 1.82) is 0 Å². The maximum absolute atomic E-state index is 11.9. The molecule has 92 valence electrons. The monoisotopic (exact) mass is 235 g/mol. The van der Waals surface area contributed by atoms with Crippen molar-refractivity contribution in [3.05, 3.63) is 35.4 Å². The second-order valence-corrected chi connectivity index (χ2v) is 4.01. The number of benzene rings is 1. The van der Waals surface area contributed by atoms with Gasteiger partial charge in [-0.05, 0) is 25.5 Å². The molecule has 0 saturated carbocycles. The molecule has 17 heavy (non-hydrogen) atoms. The molecular formula is C13H17NO3. The van der Waals surface area contributed by atoms with Crippen LogP contribution in [-0.4, -0.2) is 23.0 Å². The zero-order valence-electron chi connectivity index (χ0n) is 10.1. The van der Waals surface area contributed by atoms with Gasteiger partial charge in [-0.1, -0.05) is 25.5 Å². The molecule has 1 atom stereocenters. The molecule has 2 N–H and O–H groups in total. The van der Waals surface area contributed by atoms with Gasteiger partial charge in [-0.3, -0.25) is 4.79 Å². The van der Waals surface area contributed by atoms with Gasteiger partial charge in [0.25, 0.3) is 5.91 Å². The smallest absolute Gasteiger partial charge is 0.336 e. The lowest BCUT2D eigenvalue weighted by molar-refractivity contribution is 0.0690. The minimum Gasteiger partial charge on any atom is -0.478 e. The summed E-state index contributed by atoms with van der Waals surface area (Å²) in [6, 6.07) is 6.27. The summed E-state index contributed by atoms with van der Waals surface area (Å²) < 4.78 is 0. The number of hydrogen-bond donors (Lipinski definition) is 2. The first-order valence-electron chi connectivity index (χ1n) is 5.69. The molecule has 1 unspecified atom stereocenters. The first-order chi connectivity index (χ1) is 8.06. The molecule has 1 rings (SSSR count). The number of amides is 1. The fraction of sp³-hybridized carbons (Fsp3) is 0.385. The number of carboxylic acids is 1. The number of aromatic carboxylic acids is 1. The minimum atomic E-state index is -1.08. The van der Waals surface area contributed by atoms with Gasteiger partial charge in [0.15, 0.2) is 0 Å². The summed E-state index contributed by atoms with van der Waals surface area (Å²) in [6.07, 6.45) is 1.85. The summed E-state index contributed by atoms with van der Waals surface area (Å²) >= 11 is 0. The van der Waals surface area contributed by atoms with Crippen LogP contribution < -0.4 is 5.32 Å². The van der Waals surface area contributed by atoms with Gasteiger partial charge in [0.2, 0.25) is 0 Å². The van der Waals surface area contributed by atoms with Crippen molar-refractivity contribution in [3.8, 4) is 0 Å². The molecule has 1 amide bonds. The standard InChI is InChI=1S/C13H17NO3/c1-3-6-9(2)14-12(15)10-7-4-5-8-11(10)13(16)17/h4-5,7-9H,3,6H2,1-2H3,(H,14,15)(H,16,17). The second kappa shape index (κ2) is 6.03. The highest BCUT2D eigenvalue weighted by Gasteiger charge is 2.16. The van der Waals surface area contributed by atoms with E-state index in [1.54, 1.807) is 12.1 Å². The van der Waals surface area contributed by atoms with Crippen LogP contribution in [0.3, 0.4) is 0 Å². The van der Waals surface area contributed by atoms with Crippen molar-refractivity contribution in [2.75, 3.05) is 0 Å². The lowest BCUT2D eigenvalue weighted by Crippen LogP contribution is -2.33. The van der Waals surface area contributed by atoms with Gasteiger partial charge in [0.05, 0.1) is 11.1 Å². The molecule has 0 aromatic heterocycles. The van der Waals surface area contributed by atoms with Crippen molar-refractivity contribution in [2.24, 2.45) is 0 Å². The van der Waals surface area contributed by atoms with E-state index in [1.807, 2.05) is 13.8 Å². The van der Waals surface area contributed by atoms with Crippen LogP contribution in [0.15, 0.2) is 24.3 Å². The zero-order valence-corrected chi connectivity index (χ0v) is 10.1. The highest BCUT2D eigenvalue weighted by Crippen LogP contribution is 2.09. The SMILES string of the molecule is CCCC(C)NC(=O)c1ccccc1C(=O)O. The Kier molecular flexibility index (Phi) is 4.69. The Labute approximate surface area is 101 Å². The molecule has 0 aliphatic heterocycles. The van der Waals surface area contributed by atoms with Crippen LogP contribution >= 0.6 is 0 Å². The number of carbonyl (C=O) groups excluding carboxylic acids is 1. The van der Waals surface area contributed by atoms with E-state index in [4.69, 9.17) is 5.11 Å². The van der Waals surface area contributed by atoms with Gasteiger partial charge in [-0.15, -0.1) is 0 Å². The number of hydrogen-bond acceptors (Lipinski definition) is 2. The van der Waals surface area contributed by atoms with Gasteiger partial charge in [0.1, 0.15) is 0 Å². The number of carbonyl (C=O) groups is 2. The highest BCUT2D eigenvalue weighted by atomic mass is 16.4. The third-order valence-electron chi connectivity index (χ3n) is 2.50. The second-order valence-electron chi connectivity index (χ2n) is 4.01. The Morgan fingerprint density at radius 2 is 1.88 bits per heavy atom. The van der Waals surface area contributed by atoms with Crippen LogP contribution in [0.1, 0.15) is 47.4 Å². The number of nitrogens with one attached hydrogen (secondary N) is 1. The molecule has 4 nitrogen and oxygen atoms in total. The highest BCUT2D eigenvalue weighted by molar-refractivity contribution is 6.04. The van der Waals surface area contributed by atoms with Crippen LogP contribution in [0.4, 0.5) is 0 Å². The van der Waals surface area contributed by atoms with E-state index < -0.39 is 5.97 Å². The van der Waals surface area contributed by atoms with Crippen LogP contribution in [0.5, 0.6) is 0 Å². The molecule has 0 radical (unpaired) electrons. The first kappa shape index (κ1) is 13.2. The molecule has 4 heteroatoms. The maximum atomic E-state index is 11.9. The zero-order chi connectivity index (χ0) is 12.8. The predicted octanol–water partition coefficient (Wildman–Crippen LogP) is 2.30. The number of rotatable bonds is 5. The van der Waals surface area contributed by atoms with Crippen molar-refractivity contribution in [3.63, 3.8) is 0 Å². The van der Waals surface area contributed by atoms with E-state index in [1.165, 1.54) is 12.1 Å². The molecule has 0 heterocycles. The summed E-state index contributed by atoms with van der Waals surface area (Å²) in [7, 11) is 0. The van der Waals surface area contributed by atoms with E-state index >= 15 is 0 Å². The topological polar surface area (TPSA) is 66.4 Å². The van der Waals surface area contributed by atoms with Crippen molar-refractivity contribution in [2.45, 2.75) is 32.7 Å². The summed E-state index contributed by atoms with van der Waals surface area (Å²) in [5.41, 5.74) is 0.247. The van der Waals surface area contributed by atoms with E-state index in [2.05, 4.69) is 5.32 Å². The Morgan fingerprint density at radius 3 is 2.41 bits per heavy atom. The maximum Gasteiger partial charge on any atom is 0.336 e. The molecule has 0 fully saturated rings. The molecule has 0 spiro atoms. The summed E-state index contributed by atoms with van der Waals surface area (Å²) in [4.78, 5) is 22.8. The Hall–Kier alpha value is -1.84. The number of carboxylic acid groups (broad SMARTS) is 1. The molecule has 0 bridgehead atoms. The molecule has 0 aliphatic carbocycles.